The third-order valence-electron chi connectivity index (χ3n) is 4.97. The molecule has 12 nitrogen and oxygen atoms in total. The molecule has 12 heteroatoms. The minimum absolute atomic E-state index is 0.0156. The lowest BCUT2D eigenvalue weighted by Crippen LogP contribution is -2.42. The summed E-state index contributed by atoms with van der Waals surface area (Å²) < 4.78 is 0. The molecule has 0 aliphatic rings. The first-order chi connectivity index (χ1) is 16.5. The number of carboxylic acids is 2. The van der Waals surface area contributed by atoms with E-state index in [4.69, 9.17) is 10.2 Å². The summed E-state index contributed by atoms with van der Waals surface area (Å²) in [6, 6.07) is 0. The number of nitrogens with zero attached hydrogens (tertiary/aromatic N) is 4. The molecule has 194 valence electrons. The summed E-state index contributed by atoms with van der Waals surface area (Å²) in [6.07, 6.45) is 7.85. The molecular weight excluding hydrogens is 442 g/mol. The van der Waals surface area contributed by atoms with Crippen molar-refractivity contribution in [2.24, 2.45) is 0 Å². The number of hydrazine groups is 1. The third kappa shape index (κ3) is 14.4. The van der Waals surface area contributed by atoms with Crippen LogP contribution in [0.3, 0.4) is 0 Å². The van der Waals surface area contributed by atoms with Crippen LogP contribution in [0.4, 0.5) is 17.8 Å². The summed E-state index contributed by atoms with van der Waals surface area (Å²) in [4.78, 5) is 34.8. The van der Waals surface area contributed by atoms with Crippen molar-refractivity contribution in [3.8, 4) is 0 Å². The number of hydrogen-bond acceptors (Lipinski definition) is 10. The molecule has 6 N–H and O–H groups in total. The van der Waals surface area contributed by atoms with Gasteiger partial charge in [0.1, 0.15) is 0 Å². The average Bonchev–Trinajstić information content (AvgIpc) is 2.80. The first-order valence-electron chi connectivity index (χ1n) is 12.3. The molecule has 0 unspecified atom stereocenters. The van der Waals surface area contributed by atoms with Gasteiger partial charge < -0.3 is 26.0 Å². The van der Waals surface area contributed by atoms with Crippen molar-refractivity contribution >= 4 is 29.8 Å². The Bertz CT molecular complexity index is 664. The number of rotatable bonds is 22. The van der Waals surface area contributed by atoms with Crippen molar-refractivity contribution in [1.82, 2.24) is 20.4 Å². The number of aromatic nitrogens is 3. The van der Waals surface area contributed by atoms with Gasteiger partial charge in [0.25, 0.3) is 0 Å². The molecular formula is C22H41N7O5. The second-order valence-electron chi connectivity index (χ2n) is 8.04. The number of carbonyl (C=O) groups is 2. The Balaban J connectivity index is 2.78. The smallest absolute Gasteiger partial charge is 0.303 e. The quantitative estimate of drug-likeness (QED) is 0.105. The Morgan fingerprint density at radius 1 is 0.765 bits per heavy atom. The van der Waals surface area contributed by atoms with Crippen LogP contribution in [0.5, 0.6) is 0 Å². The van der Waals surface area contributed by atoms with E-state index in [1.54, 1.807) is 0 Å². The number of nitrogens with one attached hydrogen (secondary N) is 3. The fraction of sp³-hybridized carbons (Fsp3) is 0.773. The number of aliphatic carboxylic acids is 2. The van der Waals surface area contributed by atoms with E-state index in [0.29, 0.717) is 56.9 Å². The molecule has 1 aromatic rings. The van der Waals surface area contributed by atoms with E-state index in [-0.39, 0.29) is 19.4 Å². The summed E-state index contributed by atoms with van der Waals surface area (Å²) in [7, 11) is 0. The zero-order valence-corrected chi connectivity index (χ0v) is 20.3. The molecule has 0 atom stereocenters. The predicted octanol–water partition coefficient (Wildman–Crippen LogP) is 2.48. The summed E-state index contributed by atoms with van der Waals surface area (Å²) in [5.41, 5.74) is 3.15. The predicted molar refractivity (Wildman–Crippen MR) is 131 cm³/mol. The molecule has 0 aromatic carbocycles. The minimum Gasteiger partial charge on any atom is -0.481 e. The van der Waals surface area contributed by atoms with Crippen LogP contribution in [0, 0.1) is 0 Å². The molecule has 0 radical (unpaired) electrons. The number of hydrogen-bond donors (Lipinski definition) is 6. The third-order valence-corrected chi connectivity index (χ3v) is 4.97. The lowest BCUT2D eigenvalue weighted by atomic mass is 10.2. The zero-order valence-electron chi connectivity index (χ0n) is 20.3. The highest BCUT2D eigenvalue weighted by Gasteiger charge is 2.13. The molecule has 1 rings (SSSR count). The van der Waals surface area contributed by atoms with Gasteiger partial charge in [0.2, 0.25) is 17.8 Å². The Morgan fingerprint density at radius 2 is 1.32 bits per heavy atom. The van der Waals surface area contributed by atoms with Gasteiger partial charge in [0, 0.05) is 39.0 Å². The normalized spacial score (nSPS) is 10.8. The number of unbranched alkanes of at least 4 members (excludes halogenated alkanes) is 6. The van der Waals surface area contributed by atoms with E-state index in [0.717, 1.165) is 44.9 Å². The number of carboxylic acid groups (broad SMARTS) is 2. The molecule has 0 amide bonds. The van der Waals surface area contributed by atoms with Gasteiger partial charge in [-0.1, -0.05) is 32.6 Å². The Labute approximate surface area is 201 Å². The molecule has 0 saturated heterocycles. The molecule has 0 spiro atoms. The van der Waals surface area contributed by atoms with Gasteiger partial charge in [-0.15, -0.1) is 0 Å². The van der Waals surface area contributed by atoms with Crippen LogP contribution in [0.2, 0.25) is 0 Å². The van der Waals surface area contributed by atoms with Crippen LogP contribution >= 0.6 is 0 Å². The van der Waals surface area contributed by atoms with Gasteiger partial charge in [-0.05, 0) is 32.1 Å². The van der Waals surface area contributed by atoms with Crippen molar-refractivity contribution in [2.45, 2.75) is 77.6 Å². The van der Waals surface area contributed by atoms with E-state index < -0.39 is 11.9 Å². The average molecular weight is 484 g/mol. The highest BCUT2D eigenvalue weighted by Crippen LogP contribution is 2.14. The van der Waals surface area contributed by atoms with Crippen LogP contribution < -0.4 is 21.1 Å². The molecule has 34 heavy (non-hydrogen) atoms. The van der Waals surface area contributed by atoms with Crippen molar-refractivity contribution in [3.63, 3.8) is 0 Å². The molecule has 0 fully saturated rings. The lowest BCUT2D eigenvalue weighted by molar-refractivity contribution is -0.138. The summed E-state index contributed by atoms with van der Waals surface area (Å²) in [5.74, 6) is -0.285. The minimum atomic E-state index is -0.785. The SMILES string of the molecule is CCCCCN(NCCO)c1nc(NCCCCCC(=O)O)nc(NCCCCCC(=O)O)n1. The Hall–Kier alpha value is -2.73. The standard InChI is InChI=1S/C22H41N7O5/c1-2-3-10-16-29(25-15-17-30)22-27-20(23-13-8-4-6-11-18(31)32)26-21(28-22)24-14-9-5-7-12-19(33)34/h25,30H,2-17H2,1H3,(H,31,32)(H,33,34)(H2,23,24,26,27,28). The van der Waals surface area contributed by atoms with Crippen LogP contribution in [-0.2, 0) is 9.59 Å². The topological polar surface area (TPSA) is 173 Å². The van der Waals surface area contributed by atoms with Crippen molar-refractivity contribution in [2.75, 3.05) is 48.4 Å². The van der Waals surface area contributed by atoms with Gasteiger partial charge in [-0.25, -0.2) is 5.43 Å². The van der Waals surface area contributed by atoms with Crippen LogP contribution in [0.1, 0.15) is 77.6 Å². The monoisotopic (exact) mass is 483 g/mol. The first kappa shape index (κ1) is 29.3. The maximum Gasteiger partial charge on any atom is 0.303 e. The van der Waals surface area contributed by atoms with Crippen LogP contribution in [0.15, 0.2) is 0 Å². The van der Waals surface area contributed by atoms with Crippen LogP contribution in [0.25, 0.3) is 0 Å². The highest BCUT2D eigenvalue weighted by molar-refractivity contribution is 5.66. The van der Waals surface area contributed by atoms with Crippen molar-refractivity contribution < 1.29 is 24.9 Å². The fourth-order valence-corrected chi connectivity index (χ4v) is 3.15. The summed E-state index contributed by atoms with van der Waals surface area (Å²) in [6.45, 7) is 4.39. The maximum atomic E-state index is 10.6. The molecule has 0 saturated carbocycles. The van der Waals surface area contributed by atoms with E-state index >= 15 is 0 Å². The summed E-state index contributed by atoms with van der Waals surface area (Å²) in [5, 5.41) is 34.9. The van der Waals surface area contributed by atoms with Crippen LogP contribution in [-0.4, -0.2) is 75.0 Å². The van der Waals surface area contributed by atoms with E-state index in [1.165, 1.54) is 0 Å². The van der Waals surface area contributed by atoms with Crippen molar-refractivity contribution in [1.29, 1.82) is 0 Å². The molecule has 0 bridgehead atoms. The number of aliphatic hydroxyl groups is 1. The lowest BCUT2D eigenvalue weighted by Gasteiger charge is -2.24. The maximum absolute atomic E-state index is 10.6. The number of anilines is 3. The largest absolute Gasteiger partial charge is 0.481 e. The highest BCUT2D eigenvalue weighted by atomic mass is 16.4. The number of aliphatic hydroxyl groups excluding tert-OH is 1. The molecule has 1 heterocycles. The van der Waals surface area contributed by atoms with Crippen molar-refractivity contribution in [3.05, 3.63) is 0 Å². The second-order valence-corrected chi connectivity index (χ2v) is 8.04. The van der Waals surface area contributed by atoms with Gasteiger partial charge in [-0.2, -0.15) is 15.0 Å². The van der Waals surface area contributed by atoms with E-state index in [9.17, 15) is 14.7 Å². The van der Waals surface area contributed by atoms with E-state index in [2.05, 4.69) is 37.9 Å². The van der Waals surface area contributed by atoms with Gasteiger partial charge in [0.15, 0.2) is 0 Å². The fourth-order valence-electron chi connectivity index (χ4n) is 3.15. The molecule has 0 aliphatic carbocycles. The second kappa shape index (κ2) is 18.7. The Kier molecular flexibility index (Phi) is 16.1. The zero-order chi connectivity index (χ0) is 25.0. The Morgan fingerprint density at radius 3 is 1.79 bits per heavy atom. The van der Waals surface area contributed by atoms with Gasteiger partial charge in [0.05, 0.1) is 6.61 Å². The van der Waals surface area contributed by atoms with E-state index in [1.807, 2.05) is 5.01 Å². The van der Waals surface area contributed by atoms with Gasteiger partial charge >= 0.3 is 11.9 Å². The van der Waals surface area contributed by atoms with Gasteiger partial charge in [-0.3, -0.25) is 14.6 Å². The molecule has 0 aliphatic heterocycles. The molecule has 1 aromatic heterocycles. The summed E-state index contributed by atoms with van der Waals surface area (Å²) >= 11 is 0. The first-order valence-corrected chi connectivity index (χ1v) is 12.3.